The Balaban J connectivity index is 1.70. The fraction of sp³-hybridized carbons (Fsp3) is 0. The van der Waals surface area contributed by atoms with Gasteiger partial charge in [0.1, 0.15) is 16.6 Å². The SMILES string of the molecule is O=Cc1ccc(-c2ccc(-c3nc4ccc(F)cc4s3)cc2)o1. The molecular weight excluding hydrogens is 313 g/mol. The van der Waals surface area contributed by atoms with Crippen LogP contribution >= 0.6 is 11.3 Å². The van der Waals surface area contributed by atoms with Gasteiger partial charge in [0, 0.05) is 11.1 Å². The van der Waals surface area contributed by atoms with Gasteiger partial charge in [0.05, 0.1) is 10.2 Å². The Kier molecular flexibility index (Phi) is 3.28. The molecule has 2 aromatic heterocycles. The molecule has 0 spiro atoms. The summed E-state index contributed by atoms with van der Waals surface area (Å²) in [6.07, 6.45) is 0.679. The van der Waals surface area contributed by atoms with Crippen molar-refractivity contribution in [2.45, 2.75) is 0 Å². The van der Waals surface area contributed by atoms with Crippen LogP contribution in [0.3, 0.4) is 0 Å². The number of nitrogens with zero attached hydrogens (tertiary/aromatic N) is 1. The van der Waals surface area contributed by atoms with Gasteiger partial charge in [0.2, 0.25) is 0 Å². The molecule has 0 radical (unpaired) electrons. The molecule has 5 heteroatoms. The van der Waals surface area contributed by atoms with Gasteiger partial charge in [-0.05, 0) is 30.3 Å². The standard InChI is InChI=1S/C18H10FNO2S/c19-13-5-7-15-17(9-13)23-18(20-15)12-3-1-11(2-4-12)16-8-6-14(10-21)22-16/h1-10H. The fourth-order valence-corrected chi connectivity index (χ4v) is 3.37. The lowest BCUT2D eigenvalue weighted by atomic mass is 10.1. The van der Waals surface area contributed by atoms with E-state index in [0.29, 0.717) is 17.8 Å². The van der Waals surface area contributed by atoms with E-state index in [9.17, 15) is 9.18 Å². The second-order valence-electron chi connectivity index (χ2n) is 5.03. The van der Waals surface area contributed by atoms with Gasteiger partial charge >= 0.3 is 0 Å². The van der Waals surface area contributed by atoms with E-state index < -0.39 is 0 Å². The number of fused-ring (bicyclic) bond motifs is 1. The Morgan fingerprint density at radius 2 is 1.78 bits per heavy atom. The number of rotatable bonds is 3. The zero-order valence-corrected chi connectivity index (χ0v) is 12.6. The molecule has 0 fully saturated rings. The Morgan fingerprint density at radius 1 is 1.00 bits per heavy atom. The largest absolute Gasteiger partial charge is 0.453 e. The summed E-state index contributed by atoms with van der Waals surface area (Å²) in [5, 5.41) is 0.838. The first-order valence-corrected chi connectivity index (χ1v) is 7.76. The van der Waals surface area contributed by atoms with Crippen molar-refractivity contribution in [1.29, 1.82) is 0 Å². The highest BCUT2D eigenvalue weighted by atomic mass is 32.1. The molecule has 0 atom stereocenters. The third kappa shape index (κ3) is 2.55. The molecule has 2 heterocycles. The summed E-state index contributed by atoms with van der Waals surface area (Å²) >= 11 is 1.45. The van der Waals surface area contributed by atoms with E-state index in [-0.39, 0.29) is 5.82 Å². The van der Waals surface area contributed by atoms with E-state index in [0.717, 1.165) is 26.4 Å². The summed E-state index contributed by atoms with van der Waals surface area (Å²) in [5.41, 5.74) is 2.63. The minimum atomic E-state index is -0.258. The first-order valence-electron chi connectivity index (χ1n) is 6.95. The zero-order chi connectivity index (χ0) is 15.8. The van der Waals surface area contributed by atoms with Crippen LogP contribution in [0.15, 0.2) is 59.0 Å². The minimum absolute atomic E-state index is 0.258. The summed E-state index contributed by atoms with van der Waals surface area (Å²) < 4.78 is 19.5. The van der Waals surface area contributed by atoms with Crippen LogP contribution in [0.4, 0.5) is 4.39 Å². The molecule has 2 aromatic carbocycles. The summed E-state index contributed by atoms with van der Waals surface area (Å²) in [5.74, 6) is 0.689. The maximum Gasteiger partial charge on any atom is 0.185 e. The lowest BCUT2D eigenvalue weighted by Gasteiger charge is -1.99. The monoisotopic (exact) mass is 323 g/mol. The molecule has 0 N–H and O–H groups in total. The molecule has 0 bridgehead atoms. The number of aldehydes is 1. The van der Waals surface area contributed by atoms with Crippen molar-refractivity contribution in [1.82, 2.24) is 4.98 Å². The van der Waals surface area contributed by atoms with E-state index >= 15 is 0 Å². The predicted molar refractivity (Wildman–Crippen MR) is 88.1 cm³/mol. The second-order valence-corrected chi connectivity index (χ2v) is 6.06. The van der Waals surface area contributed by atoms with Crippen LogP contribution in [0, 0.1) is 5.82 Å². The molecule has 4 rings (SSSR count). The van der Waals surface area contributed by atoms with Crippen LogP contribution in [0.2, 0.25) is 0 Å². The van der Waals surface area contributed by atoms with Crippen molar-refractivity contribution in [2.24, 2.45) is 0 Å². The van der Waals surface area contributed by atoms with Gasteiger partial charge in [0.25, 0.3) is 0 Å². The molecule has 23 heavy (non-hydrogen) atoms. The summed E-state index contributed by atoms with van der Waals surface area (Å²) in [6.45, 7) is 0. The van der Waals surface area contributed by atoms with E-state index in [1.54, 1.807) is 18.2 Å². The van der Waals surface area contributed by atoms with Crippen LogP contribution < -0.4 is 0 Å². The van der Waals surface area contributed by atoms with Crippen LogP contribution in [-0.4, -0.2) is 11.3 Å². The van der Waals surface area contributed by atoms with Gasteiger partial charge in [-0.3, -0.25) is 4.79 Å². The van der Waals surface area contributed by atoms with Gasteiger partial charge in [-0.2, -0.15) is 0 Å². The molecule has 0 saturated heterocycles. The van der Waals surface area contributed by atoms with Crippen LogP contribution in [0.1, 0.15) is 10.6 Å². The molecule has 0 saturated carbocycles. The normalized spacial score (nSPS) is 11.0. The average Bonchev–Trinajstić information content (AvgIpc) is 3.21. The molecule has 0 aliphatic carbocycles. The fourth-order valence-electron chi connectivity index (χ4n) is 2.37. The number of carbonyl (C=O) groups excluding carboxylic acids is 1. The topological polar surface area (TPSA) is 43.1 Å². The highest BCUT2D eigenvalue weighted by Gasteiger charge is 2.09. The lowest BCUT2D eigenvalue weighted by molar-refractivity contribution is 0.110. The Labute approximate surface area is 135 Å². The van der Waals surface area contributed by atoms with E-state index in [1.165, 1.54) is 23.5 Å². The maximum atomic E-state index is 13.3. The van der Waals surface area contributed by atoms with Gasteiger partial charge in [-0.25, -0.2) is 9.37 Å². The van der Waals surface area contributed by atoms with Gasteiger partial charge < -0.3 is 4.42 Å². The first-order chi connectivity index (χ1) is 11.2. The predicted octanol–water partition coefficient (Wildman–Crippen LogP) is 5.17. The molecule has 112 valence electrons. The highest BCUT2D eigenvalue weighted by Crippen LogP contribution is 2.32. The number of hydrogen-bond donors (Lipinski definition) is 0. The highest BCUT2D eigenvalue weighted by molar-refractivity contribution is 7.21. The zero-order valence-electron chi connectivity index (χ0n) is 11.8. The van der Waals surface area contributed by atoms with E-state index in [1.807, 2.05) is 24.3 Å². The summed E-state index contributed by atoms with van der Waals surface area (Å²) in [6, 6.07) is 15.7. The van der Waals surface area contributed by atoms with Gasteiger partial charge in [0.15, 0.2) is 12.0 Å². The van der Waals surface area contributed by atoms with Crippen molar-refractivity contribution >= 4 is 27.8 Å². The number of aromatic nitrogens is 1. The first kappa shape index (κ1) is 13.8. The summed E-state index contributed by atoms with van der Waals surface area (Å²) in [7, 11) is 0. The molecule has 0 amide bonds. The number of benzene rings is 2. The average molecular weight is 323 g/mol. The summed E-state index contributed by atoms with van der Waals surface area (Å²) in [4.78, 5) is 15.2. The quantitative estimate of drug-likeness (QED) is 0.488. The molecule has 3 nitrogen and oxygen atoms in total. The van der Waals surface area contributed by atoms with Crippen molar-refractivity contribution in [3.05, 3.63) is 66.2 Å². The number of thiazole rings is 1. The van der Waals surface area contributed by atoms with Gasteiger partial charge in [-0.1, -0.05) is 24.3 Å². The van der Waals surface area contributed by atoms with Crippen molar-refractivity contribution < 1.29 is 13.6 Å². The number of carbonyl (C=O) groups is 1. The maximum absolute atomic E-state index is 13.3. The number of hydrogen-bond acceptors (Lipinski definition) is 4. The van der Waals surface area contributed by atoms with Crippen molar-refractivity contribution in [2.75, 3.05) is 0 Å². The van der Waals surface area contributed by atoms with Crippen LogP contribution in [-0.2, 0) is 0 Å². The second kappa shape index (κ2) is 5.44. The lowest BCUT2D eigenvalue weighted by Crippen LogP contribution is -1.78. The molecule has 0 aliphatic rings. The molecule has 4 aromatic rings. The Hall–Kier alpha value is -2.79. The molecule has 0 aliphatic heterocycles. The van der Waals surface area contributed by atoms with Crippen LogP contribution in [0.25, 0.3) is 32.1 Å². The van der Waals surface area contributed by atoms with Crippen molar-refractivity contribution in [3.8, 4) is 21.9 Å². The van der Waals surface area contributed by atoms with E-state index in [4.69, 9.17) is 4.42 Å². The third-order valence-electron chi connectivity index (χ3n) is 3.51. The van der Waals surface area contributed by atoms with Crippen molar-refractivity contribution in [3.63, 3.8) is 0 Å². The number of furan rings is 1. The Morgan fingerprint density at radius 3 is 2.52 bits per heavy atom. The molecular formula is C18H10FNO2S. The molecule has 0 unspecified atom stereocenters. The smallest absolute Gasteiger partial charge is 0.185 e. The van der Waals surface area contributed by atoms with Crippen LogP contribution in [0.5, 0.6) is 0 Å². The Bertz CT molecular complexity index is 1000. The minimum Gasteiger partial charge on any atom is -0.453 e. The number of halogens is 1. The van der Waals surface area contributed by atoms with E-state index in [2.05, 4.69) is 4.98 Å². The third-order valence-corrected chi connectivity index (χ3v) is 4.58. The van der Waals surface area contributed by atoms with Gasteiger partial charge in [-0.15, -0.1) is 11.3 Å².